The van der Waals surface area contributed by atoms with Crippen molar-refractivity contribution >= 4 is 17.0 Å². The largest absolute Gasteiger partial charge is 0.382 e. The summed E-state index contributed by atoms with van der Waals surface area (Å²) < 4.78 is 33.3. The summed E-state index contributed by atoms with van der Waals surface area (Å²) in [5, 5.41) is 0. The van der Waals surface area contributed by atoms with Crippen molar-refractivity contribution in [3.63, 3.8) is 0 Å². The molecule has 0 aromatic carbocycles. The number of halogens is 1. The van der Waals surface area contributed by atoms with Gasteiger partial charge in [-0.2, -0.15) is 0 Å². The van der Waals surface area contributed by atoms with Gasteiger partial charge in [0.1, 0.15) is 24.1 Å². The number of nitrogen functional groups attached to an aromatic ring is 1. The Labute approximate surface area is 125 Å². The molecule has 8 nitrogen and oxygen atoms in total. The topological polar surface area (TPSA) is 97.3 Å². The Kier molecular flexibility index (Phi) is 2.58. The van der Waals surface area contributed by atoms with Crippen molar-refractivity contribution in [1.29, 1.82) is 0 Å². The van der Waals surface area contributed by atoms with E-state index in [-0.39, 0.29) is 5.82 Å². The highest BCUT2D eigenvalue weighted by molar-refractivity contribution is 5.81. The van der Waals surface area contributed by atoms with E-state index in [0.717, 1.165) is 0 Å². The minimum atomic E-state index is -1.97. The van der Waals surface area contributed by atoms with E-state index in [2.05, 4.69) is 15.0 Å². The zero-order valence-corrected chi connectivity index (χ0v) is 12.4. The number of aromatic nitrogens is 4. The summed E-state index contributed by atoms with van der Waals surface area (Å²) in [6, 6.07) is 0. The zero-order chi connectivity index (χ0) is 15.7. The Hall–Kier alpha value is -1.84. The number of fused-ring (bicyclic) bond motifs is 2. The minimum absolute atomic E-state index is 0.255. The third-order valence-electron chi connectivity index (χ3n) is 3.93. The van der Waals surface area contributed by atoms with Crippen molar-refractivity contribution in [2.45, 2.75) is 50.8 Å². The molecular weight excluding hydrogens is 293 g/mol. The van der Waals surface area contributed by atoms with Crippen LogP contribution in [0.5, 0.6) is 0 Å². The van der Waals surface area contributed by atoms with Crippen LogP contribution in [0, 0.1) is 0 Å². The Bertz CT molecular complexity index is 746. The molecule has 0 radical (unpaired) electrons. The molecule has 0 spiro atoms. The van der Waals surface area contributed by atoms with E-state index in [0.29, 0.717) is 11.2 Å². The van der Waals surface area contributed by atoms with Crippen LogP contribution in [0.4, 0.5) is 10.2 Å². The third-order valence-corrected chi connectivity index (χ3v) is 3.93. The number of ether oxygens (including phenoxy) is 3. The average molecular weight is 309 g/mol. The average Bonchev–Trinajstić information content (AvgIpc) is 3.03. The van der Waals surface area contributed by atoms with E-state index in [4.69, 9.17) is 19.9 Å². The number of hydrogen-bond acceptors (Lipinski definition) is 7. The zero-order valence-electron chi connectivity index (χ0n) is 12.4. The maximum absolute atomic E-state index is 14.7. The van der Waals surface area contributed by atoms with E-state index in [1.165, 1.54) is 19.6 Å². The van der Waals surface area contributed by atoms with E-state index in [1.54, 1.807) is 18.4 Å². The first-order valence-electron chi connectivity index (χ1n) is 6.94. The standard InChI is InChI=1S/C13H16FN5O3/c1-12(2)20-7-8(21-12)13(3,14)22-11(7)19-5-18-6-9(15)16-4-17-10(6)19/h4-5,7-8,11H,1-3H3,(H2,15,16,17)/t7-,8+,11-,13-/m1/s1. The molecule has 2 aliphatic heterocycles. The quantitative estimate of drug-likeness (QED) is 0.843. The summed E-state index contributed by atoms with van der Waals surface area (Å²) in [5.74, 6) is -2.60. The van der Waals surface area contributed by atoms with Crippen LogP contribution in [0.2, 0.25) is 0 Å². The number of anilines is 1. The molecule has 9 heteroatoms. The first-order valence-corrected chi connectivity index (χ1v) is 6.94. The molecule has 2 N–H and O–H groups in total. The molecule has 22 heavy (non-hydrogen) atoms. The van der Waals surface area contributed by atoms with Crippen LogP contribution in [0.25, 0.3) is 11.2 Å². The van der Waals surface area contributed by atoms with Gasteiger partial charge in [-0.3, -0.25) is 4.57 Å². The van der Waals surface area contributed by atoms with Crippen LogP contribution < -0.4 is 5.73 Å². The monoisotopic (exact) mass is 309 g/mol. The van der Waals surface area contributed by atoms with E-state index in [9.17, 15) is 4.39 Å². The summed E-state index contributed by atoms with van der Waals surface area (Å²) in [4.78, 5) is 12.2. The predicted molar refractivity (Wildman–Crippen MR) is 73.2 cm³/mol. The molecule has 0 aliphatic carbocycles. The lowest BCUT2D eigenvalue weighted by atomic mass is 10.1. The number of alkyl halides is 1. The van der Waals surface area contributed by atoms with Crippen LogP contribution in [0.15, 0.2) is 12.7 Å². The van der Waals surface area contributed by atoms with Crippen molar-refractivity contribution in [2.75, 3.05) is 5.73 Å². The van der Waals surface area contributed by atoms with E-state index in [1.807, 2.05) is 0 Å². The summed E-state index contributed by atoms with van der Waals surface area (Å²) in [5.41, 5.74) is 6.67. The predicted octanol–water partition coefficient (Wildman–Crippen LogP) is 1.14. The minimum Gasteiger partial charge on any atom is -0.382 e. The van der Waals surface area contributed by atoms with Gasteiger partial charge in [0.25, 0.3) is 0 Å². The molecule has 4 heterocycles. The first kappa shape index (κ1) is 13.8. The summed E-state index contributed by atoms with van der Waals surface area (Å²) in [7, 11) is 0. The molecule has 2 aromatic heterocycles. The Balaban J connectivity index is 1.80. The third kappa shape index (κ3) is 1.82. The number of rotatable bonds is 1. The van der Waals surface area contributed by atoms with Gasteiger partial charge in [-0.1, -0.05) is 0 Å². The smallest absolute Gasteiger partial charge is 0.237 e. The number of nitrogens with zero attached hydrogens (tertiary/aromatic N) is 4. The lowest BCUT2D eigenvalue weighted by Crippen LogP contribution is -2.36. The molecule has 0 bridgehead atoms. The van der Waals surface area contributed by atoms with Gasteiger partial charge in [0.15, 0.2) is 23.5 Å². The normalized spacial score (nSPS) is 36.8. The second kappa shape index (κ2) is 4.12. The molecule has 2 aromatic rings. The first-order chi connectivity index (χ1) is 10.3. The molecule has 0 amide bonds. The van der Waals surface area contributed by atoms with E-state index >= 15 is 0 Å². The number of hydrogen-bond donors (Lipinski definition) is 1. The SMILES string of the molecule is CC1(C)O[C@H]2[C@H](n3cnc4c(N)ncnc43)O[C@@](C)(F)[C@H]2O1. The van der Waals surface area contributed by atoms with Crippen molar-refractivity contribution < 1.29 is 18.6 Å². The highest BCUT2D eigenvalue weighted by Crippen LogP contribution is 2.48. The van der Waals surface area contributed by atoms with Crippen molar-refractivity contribution in [1.82, 2.24) is 19.5 Å². The Morgan fingerprint density at radius 2 is 1.95 bits per heavy atom. The lowest BCUT2D eigenvalue weighted by Gasteiger charge is -2.26. The van der Waals surface area contributed by atoms with E-state index < -0.39 is 30.1 Å². The Morgan fingerprint density at radius 1 is 1.18 bits per heavy atom. The molecule has 2 fully saturated rings. The molecule has 118 valence electrons. The molecule has 0 unspecified atom stereocenters. The van der Waals surface area contributed by atoms with Crippen LogP contribution >= 0.6 is 0 Å². The second-order valence-corrected chi connectivity index (χ2v) is 6.10. The molecule has 4 rings (SSSR count). The summed E-state index contributed by atoms with van der Waals surface area (Å²) in [6.07, 6.45) is 0.629. The molecule has 4 atom stereocenters. The fourth-order valence-electron chi connectivity index (χ4n) is 3.04. The van der Waals surface area contributed by atoms with Gasteiger partial charge in [-0.15, -0.1) is 0 Å². The van der Waals surface area contributed by atoms with Crippen molar-refractivity contribution in [3.05, 3.63) is 12.7 Å². The van der Waals surface area contributed by atoms with Crippen molar-refractivity contribution in [2.24, 2.45) is 0 Å². The molecular formula is C13H16FN5O3. The molecule has 2 saturated heterocycles. The van der Waals surface area contributed by atoms with Gasteiger partial charge in [-0.25, -0.2) is 19.3 Å². The fourth-order valence-corrected chi connectivity index (χ4v) is 3.04. The number of nitrogens with two attached hydrogens (primary N) is 1. The van der Waals surface area contributed by atoms with Gasteiger partial charge < -0.3 is 19.9 Å². The number of imidazole rings is 1. The van der Waals surface area contributed by atoms with Crippen LogP contribution in [-0.4, -0.2) is 43.4 Å². The molecule has 0 saturated carbocycles. The van der Waals surface area contributed by atoms with Gasteiger partial charge in [0, 0.05) is 0 Å². The van der Waals surface area contributed by atoms with Crippen LogP contribution in [0.3, 0.4) is 0 Å². The summed E-state index contributed by atoms with van der Waals surface area (Å²) >= 11 is 0. The van der Waals surface area contributed by atoms with Gasteiger partial charge in [-0.05, 0) is 20.8 Å². The fraction of sp³-hybridized carbons (Fsp3) is 0.615. The summed E-state index contributed by atoms with van der Waals surface area (Å²) in [6.45, 7) is 4.81. The molecule has 2 aliphatic rings. The van der Waals surface area contributed by atoms with Crippen molar-refractivity contribution in [3.8, 4) is 0 Å². The van der Waals surface area contributed by atoms with Crippen LogP contribution in [-0.2, 0) is 14.2 Å². The maximum atomic E-state index is 14.7. The highest BCUT2D eigenvalue weighted by Gasteiger charge is 2.62. The highest BCUT2D eigenvalue weighted by atomic mass is 19.2. The van der Waals surface area contributed by atoms with Gasteiger partial charge in [0.05, 0.1) is 6.33 Å². The van der Waals surface area contributed by atoms with Crippen LogP contribution in [0.1, 0.15) is 27.0 Å². The van der Waals surface area contributed by atoms with Gasteiger partial charge >= 0.3 is 0 Å². The lowest BCUT2D eigenvalue weighted by molar-refractivity contribution is -0.248. The van der Waals surface area contributed by atoms with Gasteiger partial charge in [0.2, 0.25) is 5.85 Å². The Morgan fingerprint density at radius 3 is 2.73 bits per heavy atom. The maximum Gasteiger partial charge on any atom is 0.237 e. The second-order valence-electron chi connectivity index (χ2n) is 6.10.